The molecule has 0 radical (unpaired) electrons. The SMILES string of the molecule is CC(=O)OC(=O)O.[Fe]. The molecule has 0 heterocycles. The van der Waals surface area contributed by atoms with E-state index in [1.807, 2.05) is 0 Å². The van der Waals surface area contributed by atoms with Crippen LogP contribution in [0.15, 0.2) is 0 Å². The van der Waals surface area contributed by atoms with Crippen molar-refractivity contribution in [3.05, 3.63) is 0 Å². The first-order valence-corrected chi connectivity index (χ1v) is 1.54. The third kappa shape index (κ3) is 9.07. The maximum Gasteiger partial charge on any atom is 0.513 e. The molecule has 4 nitrogen and oxygen atoms in total. The molecule has 0 aromatic heterocycles. The van der Waals surface area contributed by atoms with E-state index < -0.39 is 12.1 Å². The predicted molar refractivity (Wildman–Crippen MR) is 19.8 cm³/mol. The van der Waals surface area contributed by atoms with E-state index in [9.17, 15) is 9.59 Å². The van der Waals surface area contributed by atoms with Crippen molar-refractivity contribution in [3.63, 3.8) is 0 Å². The summed E-state index contributed by atoms with van der Waals surface area (Å²) in [6.07, 6.45) is -1.56. The number of carboxylic acid groups (broad SMARTS) is 1. The van der Waals surface area contributed by atoms with E-state index in [1.165, 1.54) is 0 Å². The van der Waals surface area contributed by atoms with Crippen molar-refractivity contribution in [1.29, 1.82) is 0 Å². The monoisotopic (exact) mass is 160 g/mol. The second kappa shape index (κ2) is 4.61. The van der Waals surface area contributed by atoms with Crippen LogP contribution in [0.5, 0.6) is 0 Å². The standard InChI is InChI=1S/C3H4O4.Fe/c1-2(4)7-3(5)6;/h1H3,(H,5,6);. The maximum atomic E-state index is 9.65. The molecule has 0 aromatic carbocycles. The minimum Gasteiger partial charge on any atom is -0.449 e. The Morgan fingerprint density at radius 1 is 1.50 bits per heavy atom. The second-order valence-corrected chi connectivity index (χ2v) is 0.860. The van der Waals surface area contributed by atoms with Crippen molar-refractivity contribution in [2.75, 3.05) is 0 Å². The van der Waals surface area contributed by atoms with Crippen molar-refractivity contribution in [1.82, 2.24) is 0 Å². The predicted octanol–water partition coefficient (Wildman–Crippen LogP) is 0.225. The van der Waals surface area contributed by atoms with Gasteiger partial charge in [-0.05, 0) is 0 Å². The van der Waals surface area contributed by atoms with Crippen LogP contribution in [0.1, 0.15) is 6.92 Å². The maximum absolute atomic E-state index is 9.65. The van der Waals surface area contributed by atoms with Gasteiger partial charge in [0.15, 0.2) is 0 Å². The van der Waals surface area contributed by atoms with Crippen LogP contribution in [-0.2, 0) is 26.6 Å². The number of ether oxygens (including phenoxy) is 1. The van der Waals surface area contributed by atoms with Gasteiger partial charge in [0.2, 0.25) is 0 Å². The van der Waals surface area contributed by atoms with Crippen molar-refractivity contribution >= 4 is 12.1 Å². The summed E-state index contributed by atoms with van der Waals surface area (Å²) in [7, 11) is 0. The van der Waals surface area contributed by atoms with Gasteiger partial charge in [0.05, 0.1) is 0 Å². The van der Waals surface area contributed by atoms with E-state index in [0.717, 1.165) is 6.92 Å². The van der Waals surface area contributed by atoms with Crippen molar-refractivity contribution < 1.29 is 36.5 Å². The van der Waals surface area contributed by atoms with Gasteiger partial charge in [-0.1, -0.05) is 0 Å². The first-order chi connectivity index (χ1) is 3.13. The summed E-state index contributed by atoms with van der Waals surface area (Å²) in [5, 5.41) is 7.64. The molecule has 5 heteroatoms. The number of rotatable bonds is 0. The molecule has 48 valence electrons. The summed E-state index contributed by atoms with van der Waals surface area (Å²) in [4.78, 5) is 19.0. The Morgan fingerprint density at radius 3 is 1.88 bits per heavy atom. The van der Waals surface area contributed by atoms with Gasteiger partial charge in [0.25, 0.3) is 0 Å². The van der Waals surface area contributed by atoms with Gasteiger partial charge in [-0.3, -0.25) is 4.79 Å². The summed E-state index contributed by atoms with van der Waals surface area (Å²) < 4.78 is 3.53. The number of esters is 1. The largest absolute Gasteiger partial charge is 0.513 e. The Kier molecular flexibility index (Phi) is 6.02. The molecule has 0 amide bonds. The fraction of sp³-hybridized carbons (Fsp3) is 0.333. The van der Waals surface area contributed by atoms with Crippen LogP contribution in [-0.4, -0.2) is 17.2 Å². The third-order valence-electron chi connectivity index (χ3n) is 0.231. The van der Waals surface area contributed by atoms with Crippen LogP contribution >= 0.6 is 0 Å². The molecule has 0 fully saturated rings. The van der Waals surface area contributed by atoms with Crippen LogP contribution in [0.25, 0.3) is 0 Å². The molecule has 0 saturated carbocycles. The first-order valence-electron chi connectivity index (χ1n) is 1.54. The van der Waals surface area contributed by atoms with E-state index in [1.54, 1.807) is 0 Å². The zero-order chi connectivity index (χ0) is 5.86. The normalized spacial score (nSPS) is 6.62. The van der Waals surface area contributed by atoms with Gasteiger partial charge in [0, 0.05) is 24.0 Å². The molecule has 0 aliphatic heterocycles. The Morgan fingerprint density at radius 2 is 1.88 bits per heavy atom. The van der Waals surface area contributed by atoms with Crippen LogP contribution in [0, 0.1) is 0 Å². The minimum absolute atomic E-state index is 0. The summed E-state index contributed by atoms with van der Waals surface area (Å²) in [6, 6.07) is 0. The number of carbonyl (C=O) groups is 2. The Bertz CT molecular complexity index is 87.5. The van der Waals surface area contributed by atoms with Gasteiger partial charge in [-0.15, -0.1) is 0 Å². The van der Waals surface area contributed by atoms with Gasteiger partial charge >= 0.3 is 12.1 Å². The summed E-state index contributed by atoms with van der Waals surface area (Å²) in [5.41, 5.74) is 0. The molecule has 0 aliphatic rings. The number of hydrogen-bond donors (Lipinski definition) is 1. The average molecular weight is 160 g/mol. The van der Waals surface area contributed by atoms with Crippen LogP contribution in [0.3, 0.4) is 0 Å². The zero-order valence-electron chi connectivity index (χ0n) is 4.03. The molecule has 0 spiro atoms. The van der Waals surface area contributed by atoms with Gasteiger partial charge in [0.1, 0.15) is 0 Å². The van der Waals surface area contributed by atoms with E-state index >= 15 is 0 Å². The number of hydrogen-bond acceptors (Lipinski definition) is 3. The summed E-state index contributed by atoms with van der Waals surface area (Å²) in [5.74, 6) is -0.812. The molecule has 0 aromatic rings. The molecule has 0 bridgehead atoms. The molecule has 8 heavy (non-hydrogen) atoms. The number of carbonyl (C=O) groups excluding carboxylic acids is 1. The van der Waals surface area contributed by atoms with E-state index in [2.05, 4.69) is 4.74 Å². The van der Waals surface area contributed by atoms with Crippen molar-refractivity contribution in [3.8, 4) is 0 Å². The zero-order valence-corrected chi connectivity index (χ0v) is 5.13. The Labute approximate surface area is 56.3 Å². The quantitative estimate of drug-likeness (QED) is 0.312. The topological polar surface area (TPSA) is 63.6 Å². The third-order valence-corrected chi connectivity index (χ3v) is 0.231. The fourth-order valence-electron chi connectivity index (χ4n) is 0.123. The van der Waals surface area contributed by atoms with Crippen LogP contribution in [0.4, 0.5) is 4.79 Å². The molecular formula is C3H4FeO4. The van der Waals surface area contributed by atoms with Crippen LogP contribution in [0.2, 0.25) is 0 Å². The molecule has 0 rings (SSSR count). The second-order valence-electron chi connectivity index (χ2n) is 0.860. The molecular weight excluding hydrogens is 156 g/mol. The van der Waals surface area contributed by atoms with E-state index in [4.69, 9.17) is 5.11 Å². The van der Waals surface area contributed by atoms with Crippen molar-refractivity contribution in [2.45, 2.75) is 6.92 Å². The minimum atomic E-state index is -1.56. The Balaban J connectivity index is 0. The van der Waals surface area contributed by atoms with E-state index in [0.29, 0.717) is 0 Å². The Hall–Kier alpha value is -0.541. The summed E-state index contributed by atoms with van der Waals surface area (Å²) >= 11 is 0. The molecule has 0 saturated heterocycles. The van der Waals surface area contributed by atoms with Gasteiger partial charge < -0.3 is 9.84 Å². The molecule has 1 N–H and O–H groups in total. The first kappa shape index (κ1) is 10.4. The van der Waals surface area contributed by atoms with Gasteiger partial charge in [-0.2, -0.15) is 0 Å². The smallest absolute Gasteiger partial charge is 0.449 e. The summed E-state index contributed by atoms with van der Waals surface area (Å²) in [6.45, 7) is 1.02. The average Bonchev–Trinajstić information content (AvgIpc) is 1.27. The molecule has 0 atom stereocenters. The van der Waals surface area contributed by atoms with Crippen molar-refractivity contribution in [2.24, 2.45) is 0 Å². The molecule has 0 unspecified atom stereocenters. The fourth-order valence-corrected chi connectivity index (χ4v) is 0.123. The molecule has 0 aliphatic carbocycles. The van der Waals surface area contributed by atoms with Crippen LogP contribution < -0.4 is 0 Å². The van der Waals surface area contributed by atoms with E-state index in [-0.39, 0.29) is 17.1 Å². The van der Waals surface area contributed by atoms with Gasteiger partial charge in [-0.25, -0.2) is 4.79 Å².